The summed E-state index contributed by atoms with van der Waals surface area (Å²) < 4.78 is 0. The van der Waals surface area contributed by atoms with Crippen molar-refractivity contribution >= 4 is 17.7 Å². The van der Waals surface area contributed by atoms with Gasteiger partial charge >= 0.3 is 0 Å². The number of nitrogens with zero attached hydrogens (tertiary/aromatic N) is 1. The van der Waals surface area contributed by atoms with Gasteiger partial charge in [-0.05, 0) is 43.5 Å². The molecule has 0 radical (unpaired) electrons. The summed E-state index contributed by atoms with van der Waals surface area (Å²) in [6.07, 6.45) is 0.710. The number of nitrogens with one attached hydrogen (secondary N) is 1. The van der Waals surface area contributed by atoms with Gasteiger partial charge in [0.2, 0.25) is 5.91 Å². The molecule has 26 heavy (non-hydrogen) atoms. The van der Waals surface area contributed by atoms with Crippen LogP contribution in [0.25, 0.3) is 0 Å². The first-order valence-electron chi connectivity index (χ1n) is 8.79. The number of amides is 3. The van der Waals surface area contributed by atoms with Gasteiger partial charge in [-0.25, -0.2) is 0 Å². The van der Waals surface area contributed by atoms with Crippen molar-refractivity contribution in [2.24, 2.45) is 0 Å². The molecule has 134 valence electrons. The smallest absolute Gasteiger partial charge is 0.261 e. The molecule has 3 rings (SSSR count). The van der Waals surface area contributed by atoms with E-state index >= 15 is 0 Å². The number of carbonyl (C=O) groups excluding carboxylic acids is 3. The Hall–Kier alpha value is -2.95. The van der Waals surface area contributed by atoms with Crippen molar-refractivity contribution in [2.45, 2.75) is 32.7 Å². The van der Waals surface area contributed by atoms with Crippen molar-refractivity contribution in [3.8, 4) is 0 Å². The second-order valence-electron chi connectivity index (χ2n) is 6.56. The number of hydrogen-bond donors (Lipinski definition) is 1. The average molecular weight is 350 g/mol. The monoisotopic (exact) mass is 350 g/mol. The van der Waals surface area contributed by atoms with Gasteiger partial charge in [0.15, 0.2) is 0 Å². The van der Waals surface area contributed by atoms with Gasteiger partial charge in [0, 0.05) is 13.0 Å². The predicted molar refractivity (Wildman–Crippen MR) is 98.8 cm³/mol. The summed E-state index contributed by atoms with van der Waals surface area (Å²) in [6, 6.07) is 14.7. The molecule has 0 fully saturated rings. The molecule has 0 bridgehead atoms. The minimum atomic E-state index is -0.278. The van der Waals surface area contributed by atoms with Gasteiger partial charge in [-0.3, -0.25) is 19.3 Å². The van der Waals surface area contributed by atoms with E-state index in [1.165, 1.54) is 4.90 Å². The third-order valence-corrected chi connectivity index (χ3v) is 4.70. The third-order valence-electron chi connectivity index (χ3n) is 4.70. The number of fused-ring (bicyclic) bond motifs is 1. The number of hydrogen-bond acceptors (Lipinski definition) is 3. The predicted octanol–water partition coefficient (Wildman–Crippen LogP) is 3.25. The molecule has 0 aliphatic carbocycles. The average Bonchev–Trinajstić information content (AvgIpc) is 2.87. The second-order valence-corrected chi connectivity index (χ2v) is 6.56. The summed E-state index contributed by atoms with van der Waals surface area (Å²) >= 11 is 0. The normalized spacial score (nSPS) is 14.3. The minimum absolute atomic E-state index is 0.0806. The zero-order valence-electron chi connectivity index (χ0n) is 15.0. The number of rotatable bonds is 6. The molecule has 1 heterocycles. The first-order valence-corrected chi connectivity index (χ1v) is 8.79. The van der Waals surface area contributed by atoms with Crippen molar-refractivity contribution in [3.63, 3.8) is 0 Å². The van der Waals surface area contributed by atoms with Crippen LogP contribution in [0, 0.1) is 6.92 Å². The van der Waals surface area contributed by atoms with E-state index < -0.39 is 0 Å². The lowest BCUT2D eigenvalue weighted by molar-refractivity contribution is -0.121. The van der Waals surface area contributed by atoms with Crippen LogP contribution in [0.15, 0.2) is 48.5 Å². The van der Waals surface area contributed by atoms with E-state index in [1.807, 2.05) is 38.1 Å². The molecule has 2 aromatic carbocycles. The molecule has 0 spiro atoms. The van der Waals surface area contributed by atoms with Gasteiger partial charge in [0.25, 0.3) is 11.8 Å². The highest BCUT2D eigenvalue weighted by Gasteiger charge is 2.34. The second kappa shape index (κ2) is 7.52. The Kier molecular flexibility index (Phi) is 5.16. The van der Waals surface area contributed by atoms with E-state index in [4.69, 9.17) is 0 Å². The standard InChI is InChI=1S/C21H22N2O3/c1-14-8-3-4-9-16(14)15(2)22-19(24)12-7-13-23-20(25)17-10-5-6-11-18(17)21(23)26/h3-6,8-11,15H,7,12-13H2,1-2H3,(H,22,24). The first-order chi connectivity index (χ1) is 12.5. The molecule has 3 amide bonds. The lowest BCUT2D eigenvalue weighted by Gasteiger charge is -2.17. The van der Waals surface area contributed by atoms with Gasteiger partial charge in [0.1, 0.15) is 0 Å². The molecule has 5 nitrogen and oxygen atoms in total. The summed E-state index contributed by atoms with van der Waals surface area (Å²) in [4.78, 5) is 38.0. The first kappa shape index (κ1) is 17.9. The van der Waals surface area contributed by atoms with Gasteiger partial charge < -0.3 is 5.32 Å². The zero-order valence-corrected chi connectivity index (χ0v) is 15.0. The molecule has 0 aromatic heterocycles. The Labute approximate surface area is 153 Å². The van der Waals surface area contributed by atoms with Crippen molar-refractivity contribution in [1.29, 1.82) is 0 Å². The van der Waals surface area contributed by atoms with E-state index in [0.29, 0.717) is 17.5 Å². The van der Waals surface area contributed by atoms with Crippen LogP contribution >= 0.6 is 0 Å². The van der Waals surface area contributed by atoms with Crippen LogP contribution in [0.1, 0.15) is 57.7 Å². The maximum absolute atomic E-state index is 12.3. The third kappa shape index (κ3) is 3.52. The van der Waals surface area contributed by atoms with Gasteiger partial charge in [0.05, 0.1) is 17.2 Å². The summed E-state index contributed by atoms with van der Waals surface area (Å²) in [5, 5.41) is 2.97. The van der Waals surface area contributed by atoms with Crippen LogP contribution in [-0.4, -0.2) is 29.2 Å². The molecule has 1 aliphatic heterocycles. The van der Waals surface area contributed by atoms with Crippen LogP contribution in [0.3, 0.4) is 0 Å². The molecule has 1 atom stereocenters. The molecule has 0 saturated heterocycles. The van der Waals surface area contributed by atoms with Crippen molar-refractivity contribution in [3.05, 3.63) is 70.8 Å². The molecule has 1 aliphatic rings. The Balaban J connectivity index is 1.51. The Morgan fingerprint density at radius 2 is 1.58 bits per heavy atom. The molecule has 1 N–H and O–H groups in total. The van der Waals surface area contributed by atoms with Crippen LogP contribution in [0.2, 0.25) is 0 Å². The fourth-order valence-electron chi connectivity index (χ4n) is 3.30. The van der Waals surface area contributed by atoms with Crippen molar-refractivity contribution in [2.75, 3.05) is 6.54 Å². The lowest BCUT2D eigenvalue weighted by atomic mass is 10.0. The van der Waals surface area contributed by atoms with Gasteiger partial charge in [-0.1, -0.05) is 36.4 Å². The molecular formula is C21H22N2O3. The Morgan fingerprint density at radius 1 is 1.00 bits per heavy atom. The summed E-state index contributed by atoms with van der Waals surface area (Å²) in [5.41, 5.74) is 3.10. The van der Waals surface area contributed by atoms with E-state index in [0.717, 1.165) is 11.1 Å². The van der Waals surface area contributed by atoms with Gasteiger partial charge in [-0.15, -0.1) is 0 Å². The fraction of sp³-hybridized carbons (Fsp3) is 0.286. The van der Waals surface area contributed by atoms with Crippen LogP contribution < -0.4 is 5.32 Å². The van der Waals surface area contributed by atoms with E-state index in [-0.39, 0.29) is 36.7 Å². The number of benzene rings is 2. The summed E-state index contributed by atoms with van der Waals surface area (Å²) in [6.45, 7) is 4.21. The van der Waals surface area contributed by atoms with Crippen LogP contribution in [-0.2, 0) is 4.79 Å². The molecule has 0 saturated carbocycles. The Bertz CT molecular complexity index is 825. The lowest BCUT2D eigenvalue weighted by Crippen LogP contribution is -2.32. The highest BCUT2D eigenvalue weighted by atomic mass is 16.2. The molecular weight excluding hydrogens is 328 g/mol. The number of imide groups is 1. The summed E-state index contributed by atoms with van der Waals surface area (Å²) in [5.74, 6) is -0.643. The van der Waals surface area contributed by atoms with Crippen LogP contribution in [0.4, 0.5) is 0 Å². The Morgan fingerprint density at radius 3 is 2.19 bits per heavy atom. The molecule has 5 heteroatoms. The molecule has 1 unspecified atom stereocenters. The van der Waals surface area contributed by atoms with Gasteiger partial charge in [-0.2, -0.15) is 0 Å². The number of aryl methyl sites for hydroxylation is 1. The maximum Gasteiger partial charge on any atom is 0.261 e. The SMILES string of the molecule is Cc1ccccc1C(C)NC(=O)CCCN1C(=O)c2ccccc2C1=O. The quantitative estimate of drug-likeness (QED) is 0.813. The van der Waals surface area contributed by atoms with E-state index in [2.05, 4.69) is 5.32 Å². The maximum atomic E-state index is 12.3. The summed E-state index contributed by atoms with van der Waals surface area (Å²) in [7, 11) is 0. The van der Waals surface area contributed by atoms with Crippen LogP contribution in [0.5, 0.6) is 0 Å². The van der Waals surface area contributed by atoms with Crippen molar-refractivity contribution < 1.29 is 14.4 Å². The number of carbonyl (C=O) groups is 3. The highest BCUT2D eigenvalue weighted by molar-refractivity contribution is 6.21. The fourth-order valence-corrected chi connectivity index (χ4v) is 3.30. The topological polar surface area (TPSA) is 66.5 Å². The van der Waals surface area contributed by atoms with E-state index in [9.17, 15) is 14.4 Å². The van der Waals surface area contributed by atoms with E-state index in [1.54, 1.807) is 24.3 Å². The highest BCUT2D eigenvalue weighted by Crippen LogP contribution is 2.22. The molecule has 2 aromatic rings. The minimum Gasteiger partial charge on any atom is -0.350 e. The largest absolute Gasteiger partial charge is 0.350 e. The van der Waals surface area contributed by atoms with Crippen molar-refractivity contribution in [1.82, 2.24) is 10.2 Å². The zero-order chi connectivity index (χ0) is 18.7.